The molecule has 0 saturated carbocycles. The smallest absolute Gasteiger partial charge is 0.257 e. The maximum Gasteiger partial charge on any atom is 0.257 e. The van der Waals surface area contributed by atoms with E-state index in [-0.39, 0.29) is 23.0 Å². The minimum Gasteiger partial charge on any atom is -0.336 e. The Morgan fingerprint density at radius 2 is 2.10 bits per heavy atom. The van der Waals surface area contributed by atoms with Crippen LogP contribution >= 0.6 is 11.6 Å². The number of hydrogen-bond acceptors (Lipinski definition) is 3. The third kappa shape index (κ3) is 2.51. The van der Waals surface area contributed by atoms with Crippen molar-refractivity contribution in [3.05, 3.63) is 82.6 Å². The van der Waals surface area contributed by atoms with Gasteiger partial charge in [-0.3, -0.25) is 9.59 Å². The van der Waals surface area contributed by atoms with Crippen LogP contribution in [-0.4, -0.2) is 32.8 Å². The summed E-state index contributed by atoms with van der Waals surface area (Å²) in [4.78, 5) is 32.8. The lowest BCUT2D eigenvalue weighted by atomic mass is 9.74. The van der Waals surface area contributed by atoms with Gasteiger partial charge in [-0.2, -0.15) is 0 Å². The first-order chi connectivity index (χ1) is 14.4. The Morgan fingerprint density at radius 3 is 2.87 bits per heavy atom. The summed E-state index contributed by atoms with van der Waals surface area (Å²) in [6, 6.07) is 10.7. The number of likely N-dealkylation sites (tertiary alicyclic amines) is 1. The highest BCUT2D eigenvalue weighted by Gasteiger charge is 2.60. The van der Waals surface area contributed by atoms with Crippen molar-refractivity contribution in [2.45, 2.75) is 17.9 Å². The predicted octanol–water partition coefficient (Wildman–Crippen LogP) is 3.69. The van der Waals surface area contributed by atoms with Gasteiger partial charge >= 0.3 is 0 Å². The number of fused-ring (bicyclic) bond motifs is 2. The Labute approximate surface area is 177 Å². The molecule has 3 aromatic rings. The van der Waals surface area contributed by atoms with Crippen molar-refractivity contribution in [2.75, 3.05) is 11.9 Å². The summed E-state index contributed by atoms with van der Waals surface area (Å²) < 4.78 is 16.3. The van der Waals surface area contributed by atoms with Crippen LogP contribution < -0.4 is 5.32 Å². The van der Waals surface area contributed by atoms with Gasteiger partial charge in [0.25, 0.3) is 5.91 Å². The zero-order valence-electron chi connectivity index (χ0n) is 16.1. The van der Waals surface area contributed by atoms with Crippen LogP contribution in [0.5, 0.6) is 0 Å². The second kappa shape index (κ2) is 6.67. The molecular formula is C22H18ClFN4O2. The van der Waals surface area contributed by atoms with Gasteiger partial charge in [0.05, 0.1) is 5.56 Å². The molecule has 1 saturated heterocycles. The van der Waals surface area contributed by atoms with Crippen LogP contribution in [0.2, 0.25) is 5.02 Å². The molecule has 3 heterocycles. The van der Waals surface area contributed by atoms with Crippen LogP contribution in [-0.2, 0) is 17.3 Å². The number of carbonyl (C=O) groups is 2. The van der Waals surface area contributed by atoms with Gasteiger partial charge in [-0.05, 0) is 36.2 Å². The topological polar surface area (TPSA) is 67.2 Å². The molecule has 2 aliphatic rings. The first kappa shape index (κ1) is 18.8. The number of para-hydroxylation sites is 1. The molecule has 1 aromatic heterocycles. The maximum atomic E-state index is 14.5. The van der Waals surface area contributed by atoms with Gasteiger partial charge in [0, 0.05) is 36.7 Å². The van der Waals surface area contributed by atoms with Gasteiger partial charge in [0.15, 0.2) is 0 Å². The number of halogens is 2. The molecule has 0 unspecified atom stereocenters. The molecule has 0 radical (unpaired) electrons. The minimum atomic E-state index is -1.000. The second-order valence-electron chi connectivity index (χ2n) is 7.64. The van der Waals surface area contributed by atoms with Crippen LogP contribution in [0.3, 0.4) is 0 Å². The Bertz CT molecular complexity index is 1190. The van der Waals surface area contributed by atoms with Crippen molar-refractivity contribution in [1.29, 1.82) is 0 Å². The number of anilines is 1. The second-order valence-corrected chi connectivity index (χ2v) is 8.08. The van der Waals surface area contributed by atoms with E-state index in [4.69, 9.17) is 11.6 Å². The zero-order chi connectivity index (χ0) is 21.0. The van der Waals surface area contributed by atoms with Gasteiger partial charge in [0.1, 0.15) is 23.1 Å². The number of nitrogens with one attached hydrogen (secondary N) is 1. The SMILES string of the molecule is Cn1ccnc1[C@@H]1N(C(=O)c2cc(Cl)ccc2F)CC[C@]12C(=O)Nc1ccccc12. The Hall–Kier alpha value is -3.19. The number of benzene rings is 2. The quantitative estimate of drug-likeness (QED) is 0.682. The predicted molar refractivity (Wildman–Crippen MR) is 110 cm³/mol. The molecule has 6 nitrogen and oxygen atoms in total. The van der Waals surface area contributed by atoms with Gasteiger partial charge < -0.3 is 14.8 Å². The molecule has 0 bridgehead atoms. The molecule has 1 spiro atoms. The Kier molecular flexibility index (Phi) is 4.18. The molecule has 8 heteroatoms. The first-order valence-electron chi connectivity index (χ1n) is 9.57. The number of nitrogens with zero attached hydrogens (tertiary/aromatic N) is 3. The zero-order valence-corrected chi connectivity index (χ0v) is 16.9. The Balaban J connectivity index is 1.69. The van der Waals surface area contributed by atoms with Crippen molar-refractivity contribution in [2.24, 2.45) is 7.05 Å². The summed E-state index contributed by atoms with van der Waals surface area (Å²) >= 11 is 6.02. The van der Waals surface area contributed by atoms with Crippen molar-refractivity contribution < 1.29 is 14.0 Å². The van der Waals surface area contributed by atoms with Crippen molar-refractivity contribution in [3.63, 3.8) is 0 Å². The largest absolute Gasteiger partial charge is 0.336 e. The molecule has 2 aromatic carbocycles. The standard InChI is InChI=1S/C22H18ClFN4O2/c1-27-11-9-25-19(27)18-22(15-4-2-3-5-17(15)26-21(22)30)8-10-28(18)20(29)14-12-13(23)6-7-16(14)24/h2-7,9,11-12,18H,8,10H2,1H3,(H,26,30)/t18-,22+/m0/s1. The fraction of sp³-hybridized carbons (Fsp3) is 0.227. The number of imidazole rings is 1. The lowest BCUT2D eigenvalue weighted by Gasteiger charge is -2.33. The van der Waals surface area contributed by atoms with Crippen LogP contribution in [0.4, 0.5) is 10.1 Å². The average Bonchev–Trinajstić information content (AvgIpc) is 3.40. The highest BCUT2D eigenvalue weighted by Crippen LogP contribution is 2.54. The van der Waals surface area contributed by atoms with E-state index in [1.165, 1.54) is 18.2 Å². The van der Waals surface area contributed by atoms with Gasteiger partial charge in [-0.25, -0.2) is 9.37 Å². The summed E-state index contributed by atoms with van der Waals surface area (Å²) in [7, 11) is 1.82. The van der Waals surface area contributed by atoms with Crippen molar-refractivity contribution in [1.82, 2.24) is 14.5 Å². The van der Waals surface area contributed by atoms with Crippen LogP contribution in [0.25, 0.3) is 0 Å². The average molecular weight is 425 g/mol. The van der Waals surface area contributed by atoms with E-state index >= 15 is 0 Å². The number of rotatable bonds is 2. The van der Waals surface area contributed by atoms with Crippen LogP contribution in [0.15, 0.2) is 54.9 Å². The van der Waals surface area contributed by atoms with Crippen molar-refractivity contribution in [3.8, 4) is 0 Å². The molecule has 152 valence electrons. The number of aryl methyl sites for hydroxylation is 1. The Morgan fingerprint density at radius 1 is 1.30 bits per heavy atom. The van der Waals surface area contributed by atoms with E-state index in [0.717, 1.165) is 11.3 Å². The number of carbonyl (C=O) groups excluding carboxylic acids is 2. The maximum absolute atomic E-state index is 14.5. The highest BCUT2D eigenvalue weighted by molar-refractivity contribution is 6.31. The molecule has 2 amide bonds. The van der Waals surface area contributed by atoms with Crippen LogP contribution in [0.1, 0.15) is 34.2 Å². The molecule has 1 N–H and O–H groups in total. The van der Waals surface area contributed by atoms with E-state index < -0.39 is 23.2 Å². The summed E-state index contributed by atoms with van der Waals surface area (Å²) in [6.07, 6.45) is 3.80. The van der Waals surface area contributed by atoms with E-state index in [1.54, 1.807) is 21.9 Å². The van der Waals surface area contributed by atoms with Crippen molar-refractivity contribution >= 4 is 29.1 Å². The summed E-state index contributed by atoms with van der Waals surface area (Å²) in [6.45, 7) is 0.282. The summed E-state index contributed by atoms with van der Waals surface area (Å²) in [5, 5.41) is 3.22. The summed E-state index contributed by atoms with van der Waals surface area (Å²) in [5.74, 6) is -0.786. The van der Waals surface area contributed by atoms with Gasteiger partial charge in [0.2, 0.25) is 5.91 Å². The van der Waals surface area contributed by atoms with E-state index in [1.807, 2.05) is 31.3 Å². The van der Waals surface area contributed by atoms with Crippen LogP contribution in [0, 0.1) is 5.82 Å². The van der Waals surface area contributed by atoms with Gasteiger partial charge in [-0.15, -0.1) is 0 Å². The monoisotopic (exact) mass is 424 g/mol. The minimum absolute atomic E-state index is 0.120. The third-order valence-corrected chi connectivity index (χ3v) is 6.34. The molecule has 2 aliphatic heterocycles. The van der Waals surface area contributed by atoms with E-state index in [2.05, 4.69) is 10.3 Å². The number of aromatic nitrogens is 2. The normalized spacial score (nSPS) is 22.4. The molecule has 0 aliphatic carbocycles. The molecule has 1 fully saturated rings. The number of amides is 2. The molecular weight excluding hydrogens is 407 g/mol. The summed E-state index contributed by atoms with van der Waals surface area (Å²) in [5.41, 5.74) is 0.431. The van der Waals surface area contributed by atoms with E-state index in [0.29, 0.717) is 12.2 Å². The lowest BCUT2D eigenvalue weighted by molar-refractivity contribution is -0.121. The fourth-order valence-electron chi connectivity index (χ4n) is 4.72. The number of hydrogen-bond donors (Lipinski definition) is 1. The molecule has 5 rings (SSSR count). The highest BCUT2D eigenvalue weighted by atomic mass is 35.5. The third-order valence-electron chi connectivity index (χ3n) is 6.11. The fourth-order valence-corrected chi connectivity index (χ4v) is 4.89. The first-order valence-corrected chi connectivity index (χ1v) is 9.95. The van der Waals surface area contributed by atoms with E-state index in [9.17, 15) is 14.0 Å². The van der Waals surface area contributed by atoms with Gasteiger partial charge in [-0.1, -0.05) is 29.8 Å². The lowest BCUT2D eigenvalue weighted by Crippen LogP contribution is -2.44. The molecule has 2 atom stereocenters. The molecule has 30 heavy (non-hydrogen) atoms.